The minimum Gasteiger partial charge on any atom is -0.379 e. The van der Waals surface area contributed by atoms with Gasteiger partial charge in [-0.2, -0.15) is 0 Å². The highest BCUT2D eigenvalue weighted by Gasteiger charge is 2.31. The van der Waals surface area contributed by atoms with Crippen LogP contribution in [0.1, 0.15) is 37.9 Å². The lowest BCUT2D eigenvalue weighted by atomic mass is 9.99. The Kier molecular flexibility index (Phi) is 5.37. The molecule has 1 aromatic carbocycles. The molecular formula is C17H26N2O2. The van der Waals surface area contributed by atoms with Crippen LogP contribution in [0.25, 0.3) is 0 Å². The molecule has 0 saturated carbocycles. The van der Waals surface area contributed by atoms with Gasteiger partial charge < -0.3 is 15.8 Å². The Morgan fingerprint density at radius 2 is 1.95 bits per heavy atom. The van der Waals surface area contributed by atoms with Crippen molar-refractivity contribution in [2.75, 3.05) is 13.2 Å². The Hall–Kier alpha value is -1.39. The van der Waals surface area contributed by atoms with E-state index in [0.717, 1.165) is 12.0 Å². The summed E-state index contributed by atoms with van der Waals surface area (Å²) >= 11 is 0. The molecule has 1 amide bonds. The number of nitrogens with two attached hydrogens (primary N) is 1. The third kappa shape index (κ3) is 4.29. The van der Waals surface area contributed by atoms with E-state index in [1.54, 1.807) is 0 Å². The fourth-order valence-electron chi connectivity index (χ4n) is 2.66. The van der Waals surface area contributed by atoms with Crippen molar-refractivity contribution in [1.82, 2.24) is 5.32 Å². The largest absolute Gasteiger partial charge is 0.379 e. The van der Waals surface area contributed by atoms with Crippen molar-refractivity contribution < 1.29 is 9.53 Å². The van der Waals surface area contributed by atoms with E-state index in [4.69, 9.17) is 10.5 Å². The lowest BCUT2D eigenvalue weighted by molar-refractivity contribution is -0.125. The maximum absolute atomic E-state index is 12.2. The fourth-order valence-corrected chi connectivity index (χ4v) is 2.66. The lowest BCUT2D eigenvalue weighted by Gasteiger charge is -2.19. The van der Waals surface area contributed by atoms with Gasteiger partial charge in [-0.05, 0) is 30.4 Å². The van der Waals surface area contributed by atoms with Crippen molar-refractivity contribution in [3.63, 3.8) is 0 Å². The Morgan fingerprint density at radius 3 is 2.48 bits per heavy atom. The van der Waals surface area contributed by atoms with Gasteiger partial charge in [0.25, 0.3) is 0 Å². The molecule has 116 valence electrons. The quantitative estimate of drug-likeness (QED) is 0.872. The molecule has 4 heteroatoms. The Morgan fingerprint density at radius 1 is 1.29 bits per heavy atom. The highest BCUT2D eigenvalue weighted by atomic mass is 16.5. The van der Waals surface area contributed by atoms with E-state index in [0.29, 0.717) is 19.1 Å². The van der Waals surface area contributed by atoms with Crippen LogP contribution in [-0.4, -0.2) is 25.2 Å². The van der Waals surface area contributed by atoms with Gasteiger partial charge >= 0.3 is 0 Å². The number of amides is 1. The molecule has 4 nitrogen and oxygen atoms in total. The molecule has 0 bridgehead atoms. The zero-order chi connectivity index (χ0) is 15.4. The summed E-state index contributed by atoms with van der Waals surface area (Å²) < 4.78 is 5.24. The summed E-state index contributed by atoms with van der Waals surface area (Å²) in [6.45, 7) is 7.31. The first-order valence-corrected chi connectivity index (χ1v) is 7.70. The number of hydrogen-bond acceptors (Lipinski definition) is 3. The zero-order valence-corrected chi connectivity index (χ0v) is 13.1. The molecule has 3 atom stereocenters. The summed E-state index contributed by atoms with van der Waals surface area (Å²) in [7, 11) is 0. The van der Waals surface area contributed by atoms with Gasteiger partial charge in [-0.3, -0.25) is 4.79 Å². The molecule has 0 aliphatic carbocycles. The Labute approximate surface area is 127 Å². The van der Waals surface area contributed by atoms with Crippen LogP contribution in [0.15, 0.2) is 24.3 Å². The minimum absolute atomic E-state index is 0.0150. The second kappa shape index (κ2) is 7.05. The molecule has 1 fully saturated rings. The van der Waals surface area contributed by atoms with E-state index in [1.165, 1.54) is 5.56 Å². The van der Waals surface area contributed by atoms with Crippen molar-refractivity contribution in [2.24, 2.45) is 17.6 Å². The first-order valence-electron chi connectivity index (χ1n) is 7.70. The van der Waals surface area contributed by atoms with E-state index < -0.39 is 0 Å². The van der Waals surface area contributed by atoms with Gasteiger partial charge in [0.05, 0.1) is 25.2 Å². The summed E-state index contributed by atoms with van der Waals surface area (Å²) in [6.07, 6.45) is 1.08. The normalized spacial score (nSPS) is 23.3. The van der Waals surface area contributed by atoms with Crippen molar-refractivity contribution in [2.45, 2.75) is 39.3 Å². The van der Waals surface area contributed by atoms with Crippen molar-refractivity contribution in [1.29, 1.82) is 0 Å². The second-order valence-corrected chi connectivity index (χ2v) is 6.38. The van der Waals surface area contributed by atoms with Crippen LogP contribution in [0, 0.1) is 11.8 Å². The third-order valence-corrected chi connectivity index (χ3v) is 3.94. The predicted octanol–water partition coefficient (Wildman–Crippen LogP) is 2.04. The maximum atomic E-state index is 12.2. The smallest absolute Gasteiger partial charge is 0.227 e. The molecule has 2 rings (SSSR count). The molecule has 3 unspecified atom stereocenters. The number of nitrogens with one attached hydrogen (secondary N) is 1. The van der Waals surface area contributed by atoms with Crippen molar-refractivity contribution in [3.8, 4) is 0 Å². The monoisotopic (exact) mass is 290 g/mol. The first-order chi connectivity index (χ1) is 9.97. The summed E-state index contributed by atoms with van der Waals surface area (Å²) in [4.78, 5) is 12.2. The average molecular weight is 290 g/mol. The van der Waals surface area contributed by atoms with Gasteiger partial charge in [-0.1, -0.05) is 38.1 Å². The topological polar surface area (TPSA) is 64.3 Å². The number of rotatable bonds is 5. The molecule has 3 N–H and O–H groups in total. The minimum atomic E-state index is -0.229. The van der Waals surface area contributed by atoms with Gasteiger partial charge in [-0.25, -0.2) is 0 Å². The first kappa shape index (κ1) is 16.0. The van der Waals surface area contributed by atoms with Gasteiger partial charge in [0.1, 0.15) is 0 Å². The Balaban J connectivity index is 1.93. The molecule has 0 radical (unpaired) electrons. The van der Waals surface area contributed by atoms with Crippen LogP contribution in [0.2, 0.25) is 0 Å². The molecule has 21 heavy (non-hydrogen) atoms. The standard InChI is InChI=1S/C17H26N2O2/c1-11(2)8-13-4-6-14(7-5-13)12(3)19-17(20)15-9-21-10-16(15)18/h4-7,11-12,15-16H,8-10,18H2,1-3H3,(H,19,20). The zero-order valence-electron chi connectivity index (χ0n) is 13.1. The lowest BCUT2D eigenvalue weighted by Crippen LogP contribution is -2.41. The summed E-state index contributed by atoms with van der Waals surface area (Å²) in [5, 5.41) is 3.03. The highest BCUT2D eigenvalue weighted by Crippen LogP contribution is 2.18. The van der Waals surface area contributed by atoms with Crippen molar-refractivity contribution in [3.05, 3.63) is 35.4 Å². The molecule has 1 saturated heterocycles. The van der Waals surface area contributed by atoms with Crippen LogP contribution in [0.5, 0.6) is 0 Å². The summed E-state index contributed by atoms with van der Waals surface area (Å²) in [5.74, 6) is 0.406. The van der Waals surface area contributed by atoms with Crippen LogP contribution in [0.4, 0.5) is 0 Å². The summed E-state index contributed by atoms with van der Waals surface area (Å²) in [6, 6.07) is 8.26. The molecule has 1 aliphatic rings. The van der Waals surface area contributed by atoms with Crippen molar-refractivity contribution >= 4 is 5.91 Å². The SMILES string of the molecule is CC(C)Cc1ccc(C(C)NC(=O)C2COCC2N)cc1. The number of hydrogen-bond donors (Lipinski definition) is 2. The summed E-state index contributed by atoms with van der Waals surface area (Å²) in [5.41, 5.74) is 8.32. The fraction of sp³-hybridized carbons (Fsp3) is 0.588. The average Bonchev–Trinajstić information content (AvgIpc) is 2.85. The number of carbonyl (C=O) groups is 1. The van der Waals surface area contributed by atoms with E-state index in [2.05, 4.69) is 43.4 Å². The Bertz CT molecular complexity index is 470. The number of ether oxygens (including phenoxy) is 1. The second-order valence-electron chi connectivity index (χ2n) is 6.38. The maximum Gasteiger partial charge on any atom is 0.227 e. The number of benzene rings is 1. The van der Waals surface area contributed by atoms with Gasteiger partial charge in [0.2, 0.25) is 5.91 Å². The highest BCUT2D eigenvalue weighted by molar-refractivity contribution is 5.80. The molecule has 1 aromatic rings. The number of carbonyl (C=O) groups excluding carboxylic acids is 1. The van der Waals surface area contributed by atoms with Gasteiger partial charge in [0, 0.05) is 6.04 Å². The van der Waals surface area contributed by atoms with Crippen LogP contribution < -0.4 is 11.1 Å². The van der Waals surface area contributed by atoms with E-state index in [-0.39, 0.29) is 23.9 Å². The van der Waals surface area contributed by atoms with E-state index in [1.807, 2.05) is 6.92 Å². The van der Waals surface area contributed by atoms with Crippen LogP contribution in [-0.2, 0) is 16.0 Å². The molecule has 1 heterocycles. The molecule has 0 spiro atoms. The molecule has 1 aliphatic heterocycles. The van der Waals surface area contributed by atoms with Crippen LogP contribution >= 0.6 is 0 Å². The van der Waals surface area contributed by atoms with Gasteiger partial charge in [-0.15, -0.1) is 0 Å². The van der Waals surface area contributed by atoms with E-state index in [9.17, 15) is 4.79 Å². The molecule has 0 aromatic heterocycles. The van der Waals surface area contributed by atoms with Crippen LogP contribution in [0.3, 0.4) is 0 Å². The third-order valence-electron chi connectivity index (χ3n) is 3.94. The predicted molar refractivity (Wildman–Crippen MR) is 83.8 cm³/mol. The molecular weight excluding hydrogens is 264 g/mol. The van der Waals surface area contributed by atoms with E-state index >= 15 is 0 Å². The van der Waals surface area contributed by atoms with Gasteiger partial charge in [0.15, 0.2) is 0 Å².